The molecule has 1 N–H and O–H groups in total. The molecule has 2 aliphatic heterocycles. The second-order valence-electron chi connectivity index (χ2n) is 9.31. The maximum absolute atomic E-state index is 13.4. The van der Waals surface area contributed by atoms with Gasteiger partial charge in [0.2, 0.25) is 5.91 Å². The molecular weight excluding hydrogens is 422 g/mol. The number of para-hydroxylation sites is 1. The zero-order valence-electron chi connectivity index (χ0n) is 19.8. The molecule has 1 amide bonds. The largest absolute Gasteiger partial charge is 0.497 e. The highest BCUT2D eigenvalue weighted by molar-refractivity contribution is 5.82. The van der Waals surface area contributed by atoms with Crippen LogP contribution in [0.5, 0.6) is 5.75 Å². The van der Waals surface area contributed by atoms with Gasteiger partial charge in [0.05, 0.1) is 19.1 Å². The van der Waals surface area contributed by atoms with Gasteiger partial charge in [0, 0.05) is 38.4 Å². The molecule has 5 heteroatoms. The molecule has 0 saturated carbocycles. The number of amides is 1. The highest BCUT2D eigenvalue weighted by atomic mass is 16.5. The van der Waals surface area contributed by atoms with Crippen LogP contribution in [-0.2, 0) is 24.2 Å². The van der Waals surface area contributed by atoms with Gasteiger partial charge in [0.15, 0.2) is 0 Å². The first-order valence-electron chi connectivity index (χ1n) is 12.2. The molecule has 0 spiro atoms. The molecule has 0 radical (unpaired) electrons. The fraction of sp³-hybridized carbons (Fsp3) is 0.345. The Hall–Kier alpha value is -3.31. The fourth-order valence-corrected chi connectivity index (χ4v) is 5.36. The SMILES string of the molecule is COc1ccc(CCNC(=O)C2Cc3ccccc3N3CCN(Cc4ccccc4)CC23)cc1. The number of fused-ring (bicyclic) bond motifs is 3. The molecule has 5 rings (SSSR count). The van der Waals surface area contributed by atoms with E-state index in [1.807, 2.05) is 12.1 Å². The third-order valence-electron chi connectivity index (χ3n) is 7.17. The average Bonchev–Trinajstić information content (AvgIpc) is 2.89. The molecular formula is C29H33N3O2. The monoisotopic (exact) mass is 455 g/mol. The fourth-order valence-electron chi connectivity index (χ4n) is 5.36. The first-order valence-corrected chi connectivity index (χ1v) is 12.2. The van der Waals surface area contributed by atoms with Crippen molar-refractivity contribution in [2.45, 2.75) is 25.4 Å². The van der Waals surface area contributed by atoms with Crippen LogP contribution in [0.3, 0.4) is 0 Å². The van der Waals surface area contributed by atoms with Crippen molar-refractivity contribution < 1.29 is 9.53 Å². The predicted octanol–water partition coefficient (Wildman–Crippen LogP) is 3.92. The normalized spacial score (nSPS) is 19.7. The first kappa shape index (κ1) is 22.5. The Kier molecular flexibility index (Phi) is 6.82. The summed E-state index contributed by atoms with van der Waals surface area (Å²) in [4.78, 5) is 18.4. The maximum atomic E-state index is 13.4. The van der Waals surface area contributed by atoms with E-state index < -0.39 is 0 Å². The number of hydrogen-bond donors (Lipinski definition) is 1. The van der Waals surface area contributed by atoms with E-state index in [0.29, 0.717) is 6.54 Å². The number of anilines is 1. The van der Waals surface area contributed by atoms with Gasteiger partial charge in [0.1, 0.15) is 5.75 Å². The summed E-state index contributed by atoms with van der Waals surface area (Å²) < 4.78 is 5.24. The van der Waals surface area contributed by atoms with Crippen LogP contribution >= 0.6 is 0 Å². The highest BCUT2D eigenvalue weighted by Crippen LogP contribution is 2.36. The second kappa shape index (κ2) is 10.3. The van der Waals surface area contributed by atoms with Crippen molar-refractivity contribution >= 4 is 11.6 Å². The summed E-state index contributed by atoms with van der Waals surface area (Å²) in [5.74, 6) is 0.968. The minimum Gasteiger partial charge on any atom is -0.497 e. The molecule has 34 heavy (non-hydrogen) atoms. The number of carbonyl (C=O) groups is 1. The summed E-state index contributed by atoms with van der Waals surface area (Å²) in [6.45, 7) is 4.43. The molecule has 0 aromatic heterocycles. The van der Waals surface area contributed by atoms with Crippen molar-refractivity contribution in [3.8, 4) is 5.75 Å². The minimum absolute atomic E-state index is 0.0515. The van der Waals surface area contributed by atoms with Crippen LogP contribution in [0, 0.1) is 5.92 Å². The molecule has 0 aliphatic carbocycles. The van der Waals surface area contributed by atoms with Crippen molar-refractivity contribution in [3.05, 3.63) is 95.6 Å². The van der Waals surface area contributed by atoms with Gasteiger partial charge in [-0.05, 0) is 47.7 Å². The van der Waals surface area contributed by atoms with Gasteiger partial charge in [-0.25, -0.2) is 0 Å². The van der Waals surface area contributed by atoms with Gasteiger partial charge >= 0.3 is 0 Å². The van der Waals surface area contributed by atoms with Crippen molar-refractivity contribution in [3.63, 3.8) is 0 Å². The van der Waals surface area contributed by atoms with Crippen LogP contribution in [0.1, 0.15) is 16.7 Å². The molecule has 176 valence electrons. The third-order valence-corrected chi connectivity index (χ3v) is 7.17. The predicted molar refractivity (Wildman–Crippen MR) is 136 cm³/mol. The van der Waals surface area contributed by atoms with Gasteiger partial charge in [-0.3, -0.25) is 9.69 Å². The summed E-state index contributed by atoms with van der Waals surface area (Å²) in [5, 5.41) is 3.24. The Morgan fingerprint density at radius 2 is 1.71 bits per heavy atom. The van der Waals surface area contributed by atoms with E-state index in [4.69, 9.17) is 4.74 Å². The van der Waals surface area contributed by atoms with Crippen LogP contribution < -0.4 is 15.0 Å². The molecule has 1 fully saturated rings. The molecule has 1 saturated heterocycles. The topological polar surface area (TPSA) is 44.8 Å². The molecule has 2 heterocycles. The summed E-state index contributed by atoms with van der Waals surface area (Å²) in [7, 11) is 1.67. The number of nitrogens with zero attached hydrogens (tertiary/aromatic N) is 2. The van der Waals surface area contributed by atoms with E-state index in [-0.39, 0.29) is 17.9 Å². The number of methoxy groups -OCH3 is 1. The van der Waals surface area contributed by atoms with Crippen LogP contribution in [0.4, 0.5) is 5.69 Å². The van der Waals surface area contributed by atoms with Crippen molar-refractivity contribution in [2.75, 3.05) is 38.2 Å². The number of hydrogen-bond acceptors (Lipinski definition) is 4. The average molecular weight is 456 g/mol. The lowest BCUT2D eigenvalue weighted by atomic mass is 9.83. The maximum Gasteiger partial charge on any atom is 0.225 e. The van der Waals surface area contributed by atoms with E-state index >= 15 is 0 Å². The van der Waals surface area contributed by atoms with Gasteiger partial charge in [-0.2, -0.15) is 0 Å². The van der Waals surface area contributed by atoms with E-state index in [0.717, 1.165) is 44.8 Å². The van der Waals surface area contributed by atoms with Gasteiger partial charge in [-0.1, -0.05) is 60.7 Å². The highest BCUT2D eigenvalue weighted by Gasteiger charge is 2.41. The second-order valence-corrected chi connectivity index (χ2v) is 9.31. The quantitative estimate of drug-likeness (QED) is 0.587. The molecule has 2 unspecified atom stereocenters. The number of ether oxygens (including phenoxy) is 1. The van der Waals surface area contributed by atoms with Crippen molar-refractivity contribution in [1.82, 2.24) is 10.2 Å². The Morgan fingerprint density at radius 1 is 0.941 bits per heavy atom. The lowest BCUT2D eigenvalue weighted by Gasteiger charge is -2.49. The summed E-state index contributed by atoms with van der Waals surface area (Å²) >= 11 is 0. The summed E-state index contributed by atoms with van der Waals surface area (Å²) in [6, 6.07) is 27.5. The number of rotatable bonds is 7. The van der Waals surface area contributed by atoms with E-state index in [1.54, 1.807) is 7.11 Å². The van der Waals surface area contributed by atoms with Crippen LogP contribution in [0.2, 0.25) is 0 Å². The molecule has 5 nitrogen and oxygen atoms in total. The molecule has 0 bridgehead atoms. The molecule has 3 aromatic rings. The summed E-state index contributed by atoms with van der Waals surface area (Å²) in [5.41, 5.74) is 5.11. The van der Waals surface area contributed by atoms with Crippen LogP contribution in [0.15, 0.2) is 78.9 Å². The first-order chi connectivity index (χ1) is 16.7. The number of piperazine rings is 1. The Bertz CT molecular complexity index is 1100. The molecule has 3 aromatic carbocycles. The zero-order chi connectivity index (χ0) is 23.3. The standard InChI is InChI=1S/C29H33N3O2/c1-34-25-13-11-22(12-14-25)15-16-30-29(33)26-19-24-9-5-6-10-27(24)32-18-17-31(21-28(26)32)20-23-7-3-2-4-8-23/h2-14,26,28H,15-21H2,1H3,(H,30,33). The van der Waals surface area contributed by atoms with E-state index in [2.05, 4.69) is 81.8 Å². The number of benzene rings is 3. The Morgan fingerprint density at radius 3 is 2.50 bits per heavy atom. The zero-order valence-corrected chi connectivity index (χ0v) is 19.8. The van der Waals surface area contributed by atoms with Crippen LogP contribution in [0.25, 0.3) is 0 Å². The Balaban J connectivity index is 1.27. The van der Waals surface area contributed by atoms with Gasteiger partial charge < -0.3 is 15.0 Å². The lowest BCUT2D eigenvalue weighted by Crippen LogP contribution is -2.61. The van der Waals surface area contributed by atoms with Gasteiger partial charge in [0.25, 0.3) is 0 Å². The lowest BCUT2D eigenvalue weighted by molar-refractivity contribution is -0.126. The molecule has 2 aliphatic rings. The Labute approximate surface area is 202 Å². The van der Waals surface area contributed by atoms with E-state index in [9.17, 15) is 4.79 Å². The smallest absolute Gasteiger partial charge is 0.225 e. The van der Waals surface area contributed by atoms with Gasteiger partial charge in [-0.15, -0.1) is 0 Å². The number of nitrogens with one attached hydrogen (secondary N) is 1. The number of carbonyl (C=O) groups excluding carboxylic acids is 1. The van der Waals surface area contributed by atoms with Crippen molar-refractivity contribution in [1.29, 1.82) is 0 Å². The van der Waals surface area contributed by atoms with Crippen LogP contribution in [-0.4, -0.2) is 50.1 Å². The van der Waals surface area contributed by atoms with Crippen molar-refractivity contribution in [2.24, 2.45) is 5.92 Å². The molecule has 2 atom stereocenters. The van der Waals surface area contributed by atoms with E-state index in [1.165, 1.54) is 22.4 Å². The summed E-state index contributed by atoms with van der Waals surface area (Å²) in [6.07, 6.45) is 1.61. The third kappa shape index (κ3) is 4.95. The minimum atomic E-state index is -0.0515.